The van der Waals surface area contributed by atoms with Gasteiger partial charge >= 0.3 is 5.69 Å². The van der Waals surface area contributed by atoms with Gasteiger partial charge in [0.15, 0.2) is 11.5 Å². The topological polar surface area (TPSA) is 98.9 Å². The lowest BCUT2D eigenvalue weighted by atomic mass is 10.2. The maximum absolute atomic E-state index is 13.0. The van der Waals surface area contributed by atoms with Crippen LogP contribution in [0.3, 0.4) is 0 Å². The molecule has 0 aliphatic heterocycles. The van der Waals surface area contributed by atoms with Crippen LogP contribution in [0.2, 0.25) is 0 Å². The summed E-state index contributed by atoms with van der Waals surface area (Å²) in [7, 11) is 1.50. The number of hydrogen-bond donors (Lipinski definition) is 1. The highest BCUT2D eigenvalue weighted by atomic mass is 79.9. The molecule has 0 saturated heterocycles. The Kier molecular flexibility index (Phi) is 6.91. The maximum atomic E-state index is 13.0. The van der Waals surface area contributed by atoms with Gasteiger partial charge in [0, 0.05) is 22.3 Å². The highest BCUT2D eigenvalue weighted by Crippen LogP contribution is 2.33. The summed E-state index contributed by atoms with van der Waals surface area (Å²) < 4.78 is 24.8. The molecule has 1 heterocycles. The van der Waals surface area contributed by atoms with Gasteiger partial charge in [0.2, 0.25) is 5.82 Å². The fourth-order valence-electron chi connectivity index (χ4n) is 2.46. The molecule has 10 heteroatoms. The minimum Gasteiger partial charge on any atom is -0.493 e. The molecule has 0 spiro atoms. The van der Waals surface area contributed by atoms with Crippen LogP contribution in [0.15, 0.2) is 64.3 Å². The Morgan fingerprint density at radius 2 is 2.03 bits per heavy atom. The third kappa shape index (κ3) is 5.29. The molecule has 3 rings (SSSR count). The van der Waals surface area contributed by atoms with E-state index in [2.05, 4.69) is 31.4 Å². The molecule has 0 fully saturated rings. The van der Waals surface area contributed by atoms with Crippen LogP contribution in [0, 0.1) is 15.9 Å². The highest BCUT2D eigenvalue weighted by Gasteiger charge is 2.13. The summed E-state index contributed by atoms with van der Waals surface area (Å²) in [6.07, 6.45) is 2.89. The minimum absolute atomic E-state index is 0.0288. The number of nitrogens with one attached hydrogen (secondary N) is 1. The number of pyridine rings is 1. The van der Waals surface area contributed by atoms with E-state index in [0.717, 1.165) is 5.56 Å². The largest absolute Gasteiger partial charge is 0.493 e. The van der Waals surface area contributed by atoms with Gasteiger partial charge in [0.1, 0.15) is 12.4 Å². The molecule has 0 radical (unpaired) electrons. The zero-order valence-electron chi connectivity index (χ0n) is 15.7. The Balaban J connectivity index is 1.74. The van der Waals surface area contributed by atoms with E-state index in [4.69, 9.17) is 9.47 Å². The third-order valence-electron chi connectivity index (χ3n) is 3.95. The quantitative estimate of drug-likeness (QED) is 0.282. The first-order chi connectivity index (χ1) is 14.5. The summed E-state index contributed by atoms with van der Waals surface area (Å²) in [5.74, 6) is 0.665. The molecule has 8 nitrogen and oxygen atoms in total. The van der Waals surface area contributed by atoms with E-state index in [0.29, 0.717) is 21.5 Å². The van der Waals surface area contributed by atoms with E-state index in [-0.39, 0.29) is 23.9 Å². The van der Waals surface area contributed by atoms with Crippen LogP contribution < -0.4 is 14.9 Å². The van der Waals surface area contributed by atoms with Crippen molar-refractivity contribution in [3.05, 3.63) is 86.3 Å². The van der Waals surface area contributed by atoms with Crippen molar-refractivity contribution in [3.63, 3.8) is 0 Å². The Bertz CT molecular complexity index is 1080. The highest BCUT2D eigenvalue weighted by molar-refractivity contribution is 9.10. The summed E-state index contributed by atoms with van der Waals surface area (Å²) in [4.78, 5) is 14.4. The predicted octanol–water partition coefficient (Wildman–Crippen LogP) is 4.93. The monoisotopic (exact) mass is 474 g/mol. The van der Waals surface area contributed by atoms with Crippen molar-refractivity contribution in [1.29, 1.82) is 0 Å². The zero-order chi connectivity index (χ0) is 21.5. The van der Waals surface area contributed by atoms with Crippen LogP contribution in [-0.4, -0.2) is 23.2 Å². The fraction of sp³-hybridized carbons (Fsp3) is 0.100. The summed E-state index contributed by atoms with van der Waals surface area (Å²) in [5, 5.41) is 15.0. The SMILES string of the molecule is COc1cc(/C=N\Nc2ncccc2[N+](=O)[O-])c(Br)cc1OCc1ccc(F)cc1. The Morgan fingerprint density at radius 1 is 1.27 bits per heavy atom. The van der Waals surface area contributed by atoms with E-state index >= 15 is 0 Å². The molecule has 0 amide bonds. The number of ether oxygens (including phenoxy) is 2. The third-order valence-corrected chi connectivity index (χ3v) is 4.63. The number of methoxy groups -OCH3 is 1. The summed E-state index contributed by atoms with van der Waals surface area (Å²) in [6, 6.07) is 12.2. The molecule has 1 aromatic heterocycles. The molecule has 0 aliphatic carbocycles. The average Bonchev–Trinajstić information content (AvgIpc) is 2.74. The summed E-state index contributed by atoms with van der Waals surface area (Å²) in [6.45, 7) is 0.238. The van der Waals surface area contributed by atoms with Crippen molar-refractivity contribution in [2.24, 2.45) is 5.10 Å². The Morgan fingerprint density at radius 3 is 2.73 bits per heavy atom. The van der Waals surface area contributed by atoms with Gasteiger partial charge in [-0.25, -0.2) is 9.37 Å². The number of rotatable bonds is 8. The molecular weight excluding hydrogens is 459 g/mol. The number of hydrazone groups is 1. The van der Waals surface area contributed by atoms with Crippen LogP contribution in [-0.2, 0) is 6.61 Å². The molecule has 0 unspecified atom stereocenters. The van der Waals surface area contributed by atoms with Crippen molar-refractivity contribution < 1.29 is 18.8 Å². The minimum atomic E-state index is -0.545. The Hall–Kier alpha value is -3.53. The molecule has 0 saturated carbocycles. The van der Waals surface area contributed by atoms with Crippen molar-refractivity contribution in [2.45, 2.75) is 6.61 Å². The van der Waals surface area contributed by atoms with Crippen LogP contribution >= 0.6 is 15.9 Å². The van der Waals surface area contributed by atoms with E-state index in [1.807, 2.05) is 0 Å². The van der Waals surface area contributed by atoms with E-state index < -0.39 is 4.92 Å². The van der Waals surface area contributed by atoms with Crippen molar-refractivity contribution in [3.8, 4) is 11.5 Å². The lowest BCUT2D eigenvalue weighted by molar-refractivity contribution is -0.384. The number of nitro groups is 1. The lowest BCUT2D eigenvalue weighted by Crippen LogP contribution is -2.01. The Labute approximate surface area is 179 Å². The predicted molar refractivity (Wildman–Crippen MR) is 114 cm³/mol. The summed E-state index contributed by atoms with van der Waals surface area (Å²) in [5.41, 5.74) is 3.83. The van der Waals surface area contributed by atoms with Crippen molar-refractivity contribution in [1.82, 2.24) is 4.98 Å². The van der Waals surface area contributed by atoms with Gasteiger partial charge in [-0.2, -0.15) is 5.10 Å². The van der Waals surface area contributed by atoms with E-state index in [9.17, 15) is 14.5 Å². The average molecular weight is 475 g/mol. The van der Waals surface area contributed by atoms with Crippen LogP contribution in [0.4, 0.5) is 15.9 Å². The van der Waals surface area contributed by atoms with Gasteiger partial charge in [-0.15, -0.1) is 0 Å². The number of aromatic nitrogens is 1. The molecule has 0 aliphatic rings. The lowest BCUT2D eigenvalue weighted by Gasteiger charge is -2.13. The molecule has 154 valence electrons. The van der Waals surface area contributed by atoms with E-state index in [1.165, 1.54) is 43.8 Å². The number of benzene rings is 2. The van der Waals surface area contributed by atoms with Gasteiger partial charge < -0.3 is 9.47 Å². The van der Waals surface area contributed by atoms with Crippen molar-refractivity contribution >= 4 is 33.6 Å². The first kappa shape index (κ1) is 21.2. The van der Waals surface area contributed by atoms with Gasteiger partial charge in [-0.05, 0) is 51.8 Å². The molecule has 1 N–H and O–H groups in total. The van der Waals surface area contributed by atoms with Gasteiger partial charge in [0.25, 0.3) is 0 Å². The first-order valence-electron chi connectivity index (χ1n) is 8.61. The fourth-order valence-corrected chi connectivity index (χ4v) is 2.88. The molecule has 3 aromatic rings. The second-order valence-corrected chi connectivity index (χ2v) is 6.79. The smallest absolute Gasteiger partial charge is 0.313 e. The van der Waals surface area contributed by atoms with Gasteiger partial charge in [-0.3, -0.25) is 15.5 Å². The maximum Gasteiger partial charge on any atom is 0.313 e. The van der Waals surface area contributed by atoms with Crippen LogP contribution in [0.25, 0.3) is 0 Å². The number of nitrogens with zero attached hydrogens (tertiary/aromatic N) is 3. The molecule has 30 heavy (non-hydrogen) atoms. The molecular formula is C20H16BrFN4O4. The number of hydrogen-bond acceptors (Lipinski definition) is 7. The van der Waals surface area contributed by atoms with E-state index in [1.54, 1.807) is 24.3 Å². The molecule has 0 bridgehead atoms. The van der Waals surface area contributed by atoms with Crippen LogP contribution in [0.5, 0.6) is 11.5 Å². The summed E-state index contributed by atoms with van der Waals surface area (Å²) >= 11 is 3.44. The van der Waals surface area contributed by atoms with Gasteiger partial charge in [0.05, 0.1) is 18.2 Å². The zero-order valence-corrected chi connectivity index (χ0v) is 17.3. The molecule has 0 atom stereocenters. The second-order valence-electron chi connectivity index (χ2n) is 5.94. The van der Waals surface area contributed by atoms with Gasteiger partial charge in [-0.1, -0.05) is 12.1 Å². The normalized spacial score (nSPS) is 10.8. The standard InChI is InChI=1S/C20H16BrFN4O4/c1-29-18-9-14(11-24-25-20-17(26(27)28)3-2-8-23-20)16(21)10-19(18)30-12-13-4-6-15(22)7-5-13/h2-11H,12H2,1H3,(H,23,25)/b24-11-. The van der Waals surface area contributed by atoms with Crippen molar-refractivity contribution in [2.75, 3.05) is 12.5 Å². The molecule has 2 aromatic carbocycles. The number of halogens is 2. The second kappa shape index (κ2) is 9.79. The number of anilines is 1. The first-order valence-corrected chi connectivity index (χ1v) is 9.40. The van der Waals surface area contributed by atoms with Crippen LogP contribution in [0.1, 0.15) is 11.1 Å².